The normalized spacial score (nSPS) is 19.6. The molecule has 2 aromatic rings. The Balaban J connectivity index is 1.74. The first kappa shape index (κ1) is 14.3. The van der Waals surface area contributed by atoms with Crippen molar-refractivity contribution >= 4 is 17.4 Å². The van der Waals surface area contributed by atoms with Crippen LogP contribution in [0.3, 0.4) is 0 Å². The van der Waals surface area contributed by atoms with Gasteiger partial charge in [0.2, 0.25) is 0 Å². The maximum absolute atomic E-state index is 13.1. The van der Waals surface area contributed by atoms with Gasteiger partial charge in [-0.25, -0.2) is 0 Å². The number of ether oxygens (including phenoxy) is 1. The number of hydrogen-bond acceptors (Lipinski definition) is 5. The number of nitrogens with two attached hydrogens (primary N) is 1. The molecule has 2 aliphatic rings. The smallest absolute Gasteiger partial charge is 0.256 e. The Morgan fingerprint density at radius 3 is 3.17 bits per heavy atom. The summed E-state index contributed by atoms with van der Waals surface area (Å²) in [6, 6.07) is 6.06. The monoisotopic (exact) mass is 312 g/mol. The Morgan fingerprint density at radius 1 is 1.48 bits per heavy atom. The van der Waals surface area contributed by atoms with Crippen LogP contribution in [0, 0.1) is 6.92 Å². The Labute approximate surface area is 134 Å². The van der Waals surface area contributed by atoms with Gasteiger partial charge in [-0.1, -0.05) is 18.2 Å². The van der Waals surface area contributed by atoms with E-state index in [1.165, 1.54) is 4.68 Å². The van der Waals surface area contributed by atoms with Crippen LogP contribution in [0.25, 0.3) is 0 Å². The summed E-state index contributed by atoms with van der Waals surface area (Å²) in [7, 11) is 0. The lowest BCUT2D eigenvalue weighted by Crippen LogP contribution is -2.28. The molecule has 4 rings (SSSR count). The van der Waals surface area contributed by atoms with Crippen molar-refractivity contribution in [2.24, 2.45) is 0 Å². The van der Waals surface area contributed by atoms with Gasteiger partial charge in [-0.05, 0) is 24.5 Å². The predicted octanol–water partition coefficient (Wildman–Crippen LogP) is 2.09. The highest BCUT2D eigenvalue weighted by molar-refractivity contribution is 5.90. The van der Waals surface area contributed by atoms with Gasteiger partial charge in [0, 0.05) is 24.2 Å². The molecule has 0 fully saturated rings. The molecule has 23 heavy (non-hydrogen) atoms. The number of anilines is 2. The number of carbonyl (C=O) groups is 1. The summed E-state index contributed by atoms with van der Waals surface area (Å²) in [6.07, 6.45) is 1.46. The Morgan fingerprint density at radius 2 is 2.35 bits per heavy atom. The molecule has 3 N–H and O–H groups in total. The number of hydrogen-bond donors (Lipinski definition) is 2. The van der Waals surface area contributed by atoms with Gasteiger partial charge < -0.3 is 15.8 Å². The number of aromatic nitrogens is 2. The van der Waals surface area contributed by atoms with Crippen molar-refractivity contribution in [1.82, 2.24) is 9.78 Å². The number of aryl methyl sites for hydroxylation is 1. The van der Waals surface area contributed by atoms with Gasteiger partial charge in [0.25, 0.3) is 5.91 Å². The molecule has 0 saturated heterocycles. The molecular formula is C17H20N4O2. The molecule has 120 valence electrons. The van der Waals surface area contributed by atoms with Crippen LogP contribution in [0.2, 0.25) is 0 Å². The minimum absolute atomic E-state index is 0.0507. The molecule has 3 heterocycles. The van der Waals surface area contributed by atoms with Crippen molar-refractivity contribution in [2.75, 3.05) is 24.2 Å². The fraction of sp³-hybridized carbons (Fsp3) is 0.412. The standard InChI is InChI=1S/C17H20N4O2/c1-10-3-2-4-11-12(5-7-19-15(10)11)17(22)21-16(18)13-6-8-23-9-14(13)20-21/h2-4,12,19H,5-9,18H2,1H3/t12-/m0/s1. The Hall–Kier alpha value is -2.34. The van der Waals surface area contributed by atoms with E-state index < -0.39 is 0 Å². The zero-order valence-corrected chi connectivity index (χ0v) is 13.1. The van der Waals surface area contributed by atoms with Crippen LogP contribution in [0.4, 0.5) is 11.5 Å². The molecule has 6 nitrogen and oxygen atoms in total. The Bertz CT molecular complexity index is 781. The van der Waals surface area contributed by atoms with Crippen LogP contribution in [0.15, 0.2) is 18.2 Å². The molecular weight excluding hydrogens is 292 g/mol. The molecule has 0 amide bonds. The number of nitrogen functional groups attached to an aromatic ring is 1. The van der Waals surface area contributed by atoms with E-state index in [0.717, 1.165) is 47.5 Å². The van der Waals surface area contributed by atoms with Crippen LogP contribution in [-0.4, -0.2) is 28.8 Å². The van der Waals surface area contributed by atoms with Crippen molar-refractivity contribution in [2.45, 2.75) is 32.3 Å². The van der Waals surface area contributed by atoms with Gasteiger partial charge in [0.05, 0.1) is 24.8 Å². The van der Waals surface area contributed by atoms with Crippen LogP contribution in [-0.2, 0) is 17.8 Å². The molecule has 1 atom stereocenters. The first-order valence-electron chi connectivity index (χ1n) is 7.98. The van der Waals surface area contributed by atoms with Gasteiger partial charge in [0.15, 0.2) is 0 Å². The topological polar surface area (TPSA) is 82.2 Å². The fourth-order valence-electron chi connectivity index (χ4n) is 3.53. The van der Waals surface area contributed by atoms with Crippen LogP contribution >= 0.6 is 0 Å². The predicted molar refractivity (Wildman–Crippen MR) is 87.7 cm³/mol. The van der Waals surface area contributed by atoms with E-state index in [2.05, 4.69) is 23.4 Å². The summed E-state index contributed by atoms with van der Waals surface area (Å²) in [6.45, 7) is 3.89. The molecule has 0 unspecified atom stereocenters. The molecule has 6 heteroatoms. The maximum Gasteiger partial charge on any atom is 0.256 e. The average molecular weight is 312 g/mol. The second kappa shape index (κ2) is 5.38. The highest BCUT2D eigenvalue weighted by atomic mass is 16.5. The van der Waals surface area contributed by atoms with Crippen LogP contribution < -0.4 is 11.1 Å². The van der Waals surface area contributed by atoms with Gasteiger partial charge in [0.1, 0.15) is 5.82 Å². The maximum atomic E-state index is 13.1. The van der Waals surface area contributed by atoms with E-state index in [1.807, 2.05) is 12.1 Å². The summed E-state index contributed by atoms with van der Waals surface area (Å²) in [5.74, 6) is 0.210. The minimum atomic E-state index is -0.212. The third-order valence-electron chi connectivity index (χ3n) is 4.76. The van der Waals surface area contributed by atoms with Crippen molar-refractivity contribution < 1.29 is 9.53 Å². The SMILES string of the molecule is Cc1cccc2c1NCC[C@@H]2C(=O)n1nc2c(c1N)CCOC2. The zero-order valence-electron chi connectivity index (χ0n) is 13.1. The first-order chi connectivity index (χ1) is 11.2. The lowest BCUT2D eigenvalue weighted by Gasteiger charge is -2.27. The summed E-state index contributed by atoms with van der Waals surface area (Å²) >= 11 is 0. The van der Waals surface area contributed by atoms with E-state index >= 15 is 0 Å². The van der Waals surface area contributed by atoms with Gasteiger partial charge in [-0.3, -0.25) is 4.79 Å². The van der Waals surface area contributed by atoms with Crippen molar-refractivity contribution in [3.63, 3.8) is 0 Å². The number of para-hydroxylation sites is 1. The van der Waals surface area contributed by atoms with Crippen LogP contribution in [0.5, 0.6) is 0 Å². The summed E-state index contributed by atoms with van der Waals surface area (Å²) in [5, 5.41) is 7.82. The van der Waals surface area contributed by atoms with Crippen molar-refractivity contribution in [3.8, 4) is 0 Å². The number of nitrogens with zero attached hydrogens (tertiary/aromatic N) is 2. The Kier molecular flexibility index (Phi) is 3.34. The number of rotatable bonds is 1. The lowest BCUT2D eigenvalue weighted by atomic mass is 9.88. The minimum Gasteiger partial charge on any atom is -0.385 e. The molecule has 0 aliphatic carbocycles. The summed E-state index contributed by atoms with van der Waals surface area (Å²) in [4.78, 5) is 13.1. The van der Waals surface area contributed by atoms with E-state index in [1.54, 1.807) is 0 Å². The van der Waals surface area contributed by atoms with E-state index in [0.29, 0.717) is 19.0 Å². The van der Waals surface area contributed by atoms with E-state index in [9.17, 15) is 4.79 Å². The largest absolute Gasteiger partial charge is 0.385 e. The van der Waals surface area contributed by atoms with Crippen molar-refractivity contribution in [3.05, 3.63) is 40.6 Å². The third-order valence-corrected chi connectivity index (χ3v) is 4.76. The van der Waals surface area contributed by atoms with Crippen LogP contribution in [0.1, 0.15) is 39.5 Å². The summed E-state index contributed by atoms with van der Waals surface area (Å²) < 4.78 is 6.80. The number of benzene rings is 1. The molecule has 0 saturated carbocycles. The summed E-state index contributed by atoms with van der Waals surface area (Å²) in [5.41, 5.74) is 11.2. The number of fused-ring (bicyclic) bond motifs is 2. The second-order valence-corrected chi connectivity index (χ2v) is 6.17. The first-order valence-corrected chi connectivity index (χ1v) is 7.98. The van der Waals surface area contributed by atoms with Gasteiger partial charge in [-0.2, -0.15) is 9.78 Å². The third kappa shape index (κ3) is 2.21. The fourth-order valence-corrected chi connectivity index (χ4v) is 3.53. The van der Waals surface area contributed by atoms with E-state index in [-0.39, 0.29) is 11.8 Å². The molecule has 0 bridgehead atoms. The van der Waals surface area contributed by atoms with Gasteiger partial charge >= 0.3 is 0 Å². The number of carbonyl (C=O) groups excluding carboxylic acids is 1. The lowest BCUT2D eigenvalue weighted by molar-refractivity contribution is 0.0854. The highest BCUT2D eigenvalue weighted by Gasteiger charge is 2.31. The molecule has 1 aromatic carbocycles. The molecule has 2 aliphatic heterocycles. The zero-order chi connectivity index (χ0) is 16.0. The average Bonchev–Trinajstić information content (AvgIpc) is 2.92. The second-order valence-electron chi connectivity index (χ2n) is 6.17. The number of nitrogens with one attached hydrogen (secondary N) is 1. The van der Waals surface area contributed by atoms with Gasteiger partial charge in [-0.15, -0.1) is 0 Å². The molecule has 0 radical (unpaired) electrons. The van der Waals surface area contributed by atoms with E-state index in [4.69, 9.17) is 10.5 Å². The molecule has 0 spiro atoms. The molecule has 1 aromatic heterocycles. The van der Waals surface area contributed by atoms with Crippen molar-refractivity contribution in [1.29, 1.82) is 0 Å². The highest BCUT2D eigenvalue weighted by Crippen LogP contribution is 2.35. The quantitative estimate of drug-likeness (QED) is 0.842.